The first-order valence-electron chi connectivity index (χ1n) is 5.24. The van der Waals surface area contributed by atoms with Crippen molar-refractivity contribution in [3.63, 3.8) is 0 Å². The lowest BCUT2D eigenvalue weighted by Crippen LogP contribution is -2.36. The lowest BCUT2D eigenvalue weighted by molar-refractivity contribution is 0.0639. The molecule has 1 rings (SSSR count). The van der Waals surface area contributed by atoms with Gasteiger partial charge in [0.25, 0.3) is 0 Å². The fraction of sp³-hybridized carbons (Fsp3) is 1.00. The van der Waals surface area contributed by atoms with E-state index >= 15 is 0 Å². The standard InChI is InChI=1S/C10H21NO2/c1-10-3-2-4-11(9-10)5-7-13-8-6-12/h10,12H,2-9H2,1H3. The molecule has 0 spiro atoms. The summed E-state index contributed by atoms with van der Waals surface area (Å²) >= 11 is 0. The summed E-state index contributed by atoms with van der Waals surface area (Å²) in [5.41, 5.74) is 0. The normalized spacial score (nSPS) is 24.9. The minimum Gasteiger partial charge on any atom is -0.394 e. The Morgan fingerprint density at radius 1 is 1.46 bits per heavy atom. The molecule has 13 heavy (non-hydrogen) atoms. The summed E-state index contributed by atoms with van der Waals surface area (Å²) in [5, 5.41) is 8.51. The van der Waals surface area contributed by atoms with Crippen LogP contribution >= 0.6 is 0 Å². The summed E-state index contributed by atoms with van der Waals surface area (Å²) in [5.74, 6) is 0.839. The van der Waals surface area contributed by atoms with Crippen molar-refractivity contribution in [2.24, 2.45) is 5.92 Å². The van der Waals surface area contributed by atoms with Crippen LogP contribution in [0.4, 0.5) is 0 Å². The first-order valence-corrected chi connectivity index (χ1v) is 5.24. The predicted molar refractivity (Wildman–Crippen MR) is 52.7 cm³/mol. The van der Waals surface area contributed by atoms with Crippen molar-refractivity contribution in [3.05, 3.63) is 0 Å². The van der Waals surface area contributed by atoms with Crippen LogP contribution in [-0.2, 0) is 4.74 Å². The third kappa shape index (κ3) is 4.60. The maximum atomic E-state index is 8.51. The van der Waals surface area contributed by atoms with E-state index in [1.807, 2.05) is 0 Å². The summed E-state index contributed by atoms with van der Waals surface area (Å²) in [6.07, 6.45) is 2.69. The molecule has 1 fully saturated rings. The van der Waals surface area contributed by atoms with E-state index in [1.165, 1.54) is 25.9 Å². The number of nitrogens with zero attached hydrogens (tertiary/aromatic N) is 1. The second kappa shape index (κ2) is 6.35. The highest BCUT2D eigenvalue weighted by Crippen LogP contribution is 2.14. The van der Waals surface area contributed by atoms with E-state index in [1.54, 1.807) is 0 Å². The Morgan fingerprint density at radius 2 is 2.31 bits per heavy atom. The highest BCUT2D eigenvalue weighted by atomic mass is 16.5. The second-order valence-corrected chi connectivity index (χ2v) is 3.88. The van der Waals surface area contributed by atoms with Gasteiger partial charge in [0.05, 0.1) is 19.8 Å². The fourth-order valence-electron chi connectivity index (χ4n) is 1.85. The first-order chi connectivity index (χ1) is 6.33. The summed E-state index contributed by atoms with van der Waals surface area (Å²) in [4.78, 5) is 2.45. The highest BCUT2D eigenvalue weighted by Gasteiger charge is 2.15. The average Bonchev–Trinajstić information content (AvgIpc) is 2.13. The molecule has 1 unspecified atom stereocenters. The Hall–Kier alpha value is -0.120. The summed E-state index contributed by atoms with van der Waals surface area (Å²) in [6.45, 7) is 7.12. The Balaban J connectivity index is 2.00. The van der Waals surface area contributed by atoms with E-state index in [9.17, 15) is 0 Å². The largest absolute Gasteiger partial charge is 0.394 e. The van der Waals surface area contributed by atoms with Gasteiger partial charge in [0, 0.05) is 13.1 Å². The van der Waals surface area contributed by atoms with Crippen molar-refractivity contribution in [1.29, 1.82) is 0 Å². The van der Waals surface area contributed by atoms with Crippen LogP contribution in [0.5, 0.6) is 0 Å². The lowest BCUT2D eigenvalue weighted by atomic mass is 10.0. The van der Waals surface area contributed by atoms with Gasteiger partial charge in [-0.15, -0.1) is 0 Å². The molecule has 0 aromatic rings. The maximum absolute atomic E-state index is 8.51. The number of likely N-dealkylation sites (tertiary alicyclic amines) is 1. The third-order valence-electron chi connectivity index (χ3n) is 2.53. The zero-order valence-corrected chi connectivity index (χ0v) is 8.54. The van der Waals surface area contributed by atoms with E-state index < -0.39 is 0 Å². The summed E-state index contributed by atoms with van der Waals surface area (Å²) in [7, 11) is 0. The van der Waals surface area contributed by atoms with Crippen molar-refractivity contribution in [2.45, 2.75) is 19.8 Å². The Labute approximate surface area is 80.7 Å². The molecule has 0 aliphatic carbocycles. The van der Waals surface area contributed by atoms with Gasteiger partial charge in [0.15, 0.2) is 0 Å². The summed E-state index contributed by atoms with van der Waals surface area (Å²) in [6, 6.07) is 0. The number of ether oxygens (including phenoxy) is 1. The molecule has 1 aliphatic rings. The molecule has 0 aromatic heterocycles. The quantitative estimate of drug-likeness (QED) is 0.644. The average molecular weight is 187 g/mol. The van der Waals surface area contributed by atoms with Crippen LogP contribution in [0.3, 0.4) is 0 Å². The molecule has 1 saturated heterocycles. The highest BCUT2D eigenvalue weighted by molar-refractivity contribution is 4.69. The zero-order chi connectivity index (χ0) is 9.52. The third-order valence-corrected chi connectivity index (χ3v) is 2.53. The number of aliphatic hydroxyl groups excluding tert-OH is 1. The Kier molecular flexibility index (Phi) is 5.35. The van der Waals surface area contributed by atoms with E-state index in [0.29, 0.717) is 6.61 Å². The molecule has 3 heteroatoms. The van der Waals surface area contributed by atoms with Crippen molar-refractivity contribution in [3.8, 4) is 0 Å². The van der Waals surface area contributed by atoms with Crippen molar-refractivity contribution in [2.75, 3.05) is 39.5 Å². The van der Waals surface area contributed by atoms with Gasteiger partial charge < -0.3 is 14.7 Å². The monoisotopic (exact) mass is 187 g/mol. The van der Waals surface area contributed by atoms with Crippen LogP contribution in [0.1, 0.15) is 19.8 Å². The first kappa shape index (κ1) is 11.0. The number of piperidine rings is 1. The molecule has 1 N–H and O–H groups in total. The minimum atomic E-state index is 0.135. The van der Waals surface area contributed by atoms with E-state index in [4.69, 9.17) is 9.84 Å². The number of hydrogen-bond acceptors (Lipinski definition) is 3. The molecule has 0 saturated carbocycles. The minimum absolute atomic E-state index is 0.135. The van der Waals surface area contributed by atoms with Crippen molar-refractivity contribution >= 4 is 0 Å². The van der Waals surface area contributed by atoms with Crippen molar-refractivity contribution in [1.82, 2.24) is 4.90 Å². The predicted octanol–water partition coefficient (Wildman–Crippen LogP) is 0.727. The molecule has 0 radical (unpaired) electrons. The van der Waals surface area contributed by atoms with Crippen LogP contribution in [0.2, 0.25) is 0 Å². The Bertz CT molecular complexity index is 130. The van der Waals surface area contributed by atoms with Crippen molar-refractivity contribution < 1.29 is 9.84 Å². The molecule has 1 aliphatic heterocycles. The molecule has 1 atom stereocenters. The van der Waals surface area contributed by atoms with Crippen LogP contribution < -0.4 is 0 Å². The number of aliphatic hydroxyl groups is 1. The number of hydrogen-bond donors (Lipinski definition) is 1. The van der Waals surface area contributed by atoms with Gasteiger partial charge in [-0.2, -0.15) is 0 Å². The van der Waals surface area contributed by atoms with Gasteiger partial charge in [0.2, 0.25) is 0 Å². The molecular weight excluding hydrogens is 166 g/mol. The van der Waals surface area contributed by atoms with E-state index in [-0.39, 0.29) is 6.61 Å². The summed E-state index contributed by atoms with van der Waals surface area (Å²) < 4.78 is 5.23. The van der Waals surface area contributed by atoms with Crippen LogP contribution in [0, 0.1) is 5.92 Å². The molecule has 78 valence electrons. The SMILES string of the molecule is CC1CCCN(CCOCCO)C1. The van der Waals surface area contributed by atoms with Gasteiger partial charge in [-0.1, -0.05) is 6.92 Å². The van der Waals surface area contributed by atoms with Crippen LogP contribution in [-0.4, -0.2) is 49.5 Å². The molecular formula is C10H21NO2. The molecule has 0 aromatic carbocycles. The number of rotatable bonds is 5. The van der Waals surface area contributed by atoms with Crippen LogP contribution in [0.15, 0.2) is 0 Å². The smallest absolute Gasteiger partial charge is 0.0698 e. The maximum Gasteiger partial charge on any atom is 0.0698 e. The second-order valence-electron chi connectivity index (χ2n) is 3.88. The van der Waals surface area contributed by atoms with E-state index in [2.05, 4.69) is 11.8 Å². The lowest BCUT2D eigenvalue weighted by Gasteiger charge is -2.30. The van der Waals surface area contributed by atoms with Gasteiger partial charge in [-0.3, -0.25) is 0 Å². The van der Waals surface area contributed by atoms with Crippen LogP contribution in [0.25, 0.3) is 0 Å². The molecule has 3 nitrogen and oxygen atoms in total. The van der Waals surface area contributed by atoms with Gasteiger partial charge in [-0.05, 0) is 25.3 Å². The molecule has 0 amide bonds. The molecule has 1 heterocycles. The Morgan fingerprint density at radius 3 is 3.00 bits per heavy atom. The molecule has 0 bridgehead atoms. The van der Waals surface area contributed by atoms with Gasteiger partial charge in [-0.25, -0.2) is 0 Å². The zero-order valence-electron chi connectivity index (χ0n) is 8.54. The van der Waals surface area contributed by atoms with Gasteiger partial charge in [0.1, 0.15) is 0 Å². The van der Waals surface area contributed by atoms with E-state index in [0.717, 1.165) is 19.1 Å². The topological polar surface area (TPSA) is 32.7 Å². The fourth-order valence-corrected chi connectivity index (χ4v) is 1.85. The van der Waals surface area contributed by atoms with Gasteiger partial charge >= 0.3 is 0 Å².